The third-order valence-electron chi connectivity index (χ3n) is 2.02. The van der Waals surface area contributed by atoms with Crippen LogP contribution in [0.3, 0.4) is 0 Å². The summed E-state index contributed by atoms with van der Waals surface area (Å²) < 4.78 is 64.8. The van der Waals surface area contributed by atoms with Crippen LogP contribution in [0, 0.1) is 29.1 Å². The van der Waals surface area contributed by atoms with E-state index in [0.717, 1.165) is 19.9 Å². The molecule has 1 aromatic rings. The highest BCUT2D eigenvalue weighted by atomic mass is 19.2. The number of ketones is 1. The molecule has 0 radical (unpaired) electrons. The number of rotatable bonds is 2. The Bertz CT molecular complexity index is 490. The number of hydrogen-bond donors (Lipinski definition) is 0. The fourth-order valence-electron chi connectivity index (χ4n) is 1.33. The van der Waals surface area contributed by atoms with Crippen LogP contribution in [-0.2, 0) is 4.79 Å². The molecule has 0 aliphatic rings. The predicted molar refractivity (Wildman–Crippen MR) is 50.6 cm³/mol. The summed E-state index contributed by atoms with van der Waals surface area (Å²) in [7, 11) is 0. The maximum atomic E-state index is 13.2. The highest BCUT2D eigenvalue weighted by molar-refractivity contribution is 5.94. The number of carbonyl (C=O) groups excluding carboxylic acids is 1. The zero-order valence-corrected chi connectivity index (χ0v) is 8.88. The summed E-state index contributed by atoms with van der Waals surface area (Å²) in [5.41, 5.74) is -1.41. The summed E-state index contributed by atoms with van der Waals surface area (Å²) in [5, 5.41) is 0. The van der Waals surface area contributed by atoms with Crippen LogP contribution in [-0.4, -0.2) is 5.78 Å². The molecule has 1 nitrogen and oxygen atoms in total. The predicted octanol–water partition coefficient (Wildman–Crippen LogP) is 3.37. The molecule has 0 N–H and O–H groups in total. The van der Waals surface area contributed by atoms with Crippen molar-refractivity contribution in [2.75, 3.05) is 0 Å². The van der Waals surface area contributed by atoms with E-state index in [9.17, 15) is 26.7 Å². The monoisotopic (exact) mass is 250 g/mol. The molecule has 0 amide bonds. The molecular weight excluding hydrogens is 243 g/mol. The van der Waals surface area contributed by atoms with Crippen LogP contribution in [0.5, 0.6) is 0 Å². The van der Waals surface area contributed by atoms with Gasteiger partial charge in [-0.3, -0.25) is 4.79 Å². The number of hydrogen-bond acceptors (Lipinski definition) is 1. The van der Waals surface area contributed by atoms with Crippen LogP contribution in [0.2, 0.25) is 0 Å². The van der Waals surface area contributed by atoms with Crippen molar-refractivity contribution in [3.05, 3.63) is 40.7 Å². The van der Waals surface area contributed by atoms with E-state index in [1.54, 1.807) is 0 Å². The molecule has 0 aliphatic carbocycles. The Morgan fingerprint density at radius 3 is 1.53 bits per heavy atom. The molecule has 17 heavy (non-hydrogen) atoms. The van der Waals surface area contributed by atoms with Gasteiger partial charge in [0.05, 0.1) is 5.56 Å². The minimum atomic E-state index is -2.22. The molecule has 6 heteroatoms. The third kappa shape index (κ3) is 2.35. The summed E-state index contributed by atoms with van der Waals surface area (Å²) in [4.78, 5) is 10.7. The highest BCUT2D eigenvalue weighted by Crippen LogP contribution is 2.28. The first-order valence-corrected chi connectivity index (χ1v) is 4.48. The van der Waals surface area contributed by atoms with Crippen LogP contribution in [0.15, 0.2) is 6.08 Å². The van der Waals surface area contributed by atoms with E-state index >= 15 is 0 Å². The van der Waals surface area contributed by atoms with Gasteiger partial charge in [-0.2, -0.15) is 0 Å². The van der Waals surface area contributed by atoms with Gasteiger partial charge in [0.1, 0.15) is 0 Å². The van der Waals surface area contributed by atoms with E-state index in [4.69, 9.17) is 0 Å². The summed E-state index contributed by atoms with van der Waals surface area (Å²) in [6, 6.07) is 0. The Labute approximate surface area is 93.6 Å². The number of allylic oxidation sites excluding steroid dienone is 2. The second-order valence-electron chi connectivity index (χ2n) is 3.38. The van der Waals surface area contributed by atoms with Gasteiger partial charge in [-0.25, -0.2) is 22.0 Å². The maximum Gasteiger partial charge on any atom is 0.200 e. The van der Waals surface area contributed by atoms with Crippen molar-refractivity contribution in [3.63, 3.8) is 0 Å². The van der Waals surface area contributed by atoms with Crippen molar-refractivity contribution >= 4 is 11.4 Å². The maximum absolute atomic E-state index is 13.2. The van der Waals surface area contributed by atoms with Gasteiger partial charge >= 0.3 is 0 Å². The minimum absolute atomic E-state index is 0.328. The van der Waals surface area contributed by atoms with Crippen LogP contribution >= 0.6 is 0 Å². The Morgan fingerprint density at radius 1 is 0.824 bits per heavy atom. The molecule has 0 saturated carbocycles. The van der Waals surface area contributed by atoms with Gasteiger partial charge < -0.3 is 0 Å². The number of benzene rings is 1. The van der Waals surface area contributed by atoms with Crippen molar-refractivity contribution in [2.24, 2.45) is 0 Å². The summed E-state index contributed by atoms with van der Waals surface area (Å²) in [5.74, 6) is -10.7. The zero-order valence-electron chi connectivity index (χ0n) is 8.88. The Kier molecular flexibility index (Phi) is 3.65. The van der Waals surface area contributed by atoms with Crippen LogP contribution in [0.25, 0.3) is 5.57 Å². The van der Waals surface area contributed by atoms with Crippen molar-refractivity contribution < 1.29 is 26.7 Å². The highest BCUT2D eigenvalue weighted by Gasteiger charge is 2.26. The average Bonchev–Trinajstić information content (AvgIpc) is 2.23. The van der Waals surface area contributed by atoms with Crippen molar-refractivity contribution in [1.29, 1.82) is 0 Å². The summed E-state index contributed by atoms with van der Waals surface area (Å²) >= 11 is 0. The fourth-order valence-corrected chi connectivity index (χ4v) is 1.33. The first kappa shape index (κ1) is 13.3. The lowest BCUT2D eigenvalue weighted by Gasteiger charge is -2.08. The lowest BCUT2D eigenvalue weighted by molar-refractivity contribution is -0.112. The lowest BCUT2D eigenvalue weighted by Crippen LogP contribution is -2.06. The summed E-state index contributed by atoms with van der Waals surface area (Å²) in [6.45, 7) is 2.18. The molecule has 0 spiro atoms. The minimum Gasteiger partial charge on any atom is -0.295 e. The molecular formula is C11H7F5O. The van der Waals surface area contributed by atoms with Crippen LogP contribution < -0.4 is 0 Å². The first-order valence-electron chi connectivity index (χ1n) is 4.48. The van der Waals surface area contributed by atoms with Crippen molar-refractivity contribution in [1.82, 2.24) is 0 Å². The molecule has 0 aliphatic heterocycles. The number of carbonyl (C=O) groups is 1. The van der Waals surface area contributed by atoms with E-state index in [-0.39, 0.29) is 5.57 Å². The van der Waals surface area contributed by atoms with Crippen molar-refractivity contribution in [2.45, 2.75) is 13.8 Å². The quantitative estimate of drug-likeness (QED) is 0.340. The van der Waals surface area contributed by atoms with E-state index in [2.05, 4.69) is 0 Å². The van der Waals surface area contributed by atoms with Gasteiger partial charge in [-0.05, 0) is 25.5 Å². The average molecular weight is 250 g/mol. The molecule has 0 fully saturated rings. The molecule has 0 unspecified atom stereocenters. The Balaban J connectivity index is 3.61. The molecule has 92 valence electrons. The molecule has 0 saturated heterocycles. The van der Waals surface area contributed by atoms with E-state index in [1.165, 1.54) is 0 Å². The summed E-state index contributed by atoms with van der Waals surface area (Å²) in [6.07, 6.45) is 0.790. The molecule has 1 rings (SSSR count). The zero-order chi connectivity index (χ0) is 13.3. The van der Waals surface area contributed by atoms with Gasteiger partial charge in [-0.15, -0.1) is 0 Å². The van der Waals surface area contributed by atoms with Gasteiger partial charge in [0.25, 0.3) is 0 Å². The second kappa shape index (κ2) is 4.65. The smallest absolute Gasteiger partial charge is 0.200 e. The molecule has 0 aromatic heterocycles. The molecule has 0 bridgehead atoms. The van der Waals surface area contributed by atoms with Crippen molar-refractivity contribution in [3.8, 4) is 0 Å². The van der Waals surface area contributed by atoms with E-state index in [1.807, 2.05) is 0 Å². The Hall–Kier alpha value is -1.72. The van der Waals surface area contributed by atoms with Crippen LogP contribution in [0.1, 0.15) is 19.4 Å². The van der Waals surface area contributed by atoms with E-state index < -0.39 is 40.4 Å². The molecule has 0 heterocycles. The van der Waals surface area contributed by atoms with E-state index in [0.29, 0.717) is 0 Å². The first-order chi connectivity index (χ1) is 7.77. The van der Waals surface area contributed by atoms with Gasteiger partial charge in [0, 0.05) is 0 Å². The SMILES string of the molecule is CC(=O)/C=C(\C)c1c(F)c(F)c(F)c(F)c1F. The largest absolute Gasteiger partial charge is 0.295 e. The van der Waals surface area contributed by atoms with Gasteiger partial charge in [0.15, 0.2) is 29.1 Å². The standard InChI is InChI=1S/C11H7F5O/c1-4(3-5(2)17)6-7(12)9(14)11(16)10(15)8(6)13/h3H,1-2H3/b4-3+. The molecule has 0 atom stereocenters. The Morgan fingerprint density at radius 2 is 1.18 bits per heavy atom. The molecule has 1 aromatic carbocycles. The van der Waals surface area contributed by atoms with Crippen LogP contribution in [0.4, 0.5) is 22.0 Å². The number of halogens is 5. The lowest BCUT2D eigenvalue weighted by atomic mass is 10.0. The fraction of sp³-hybridized carbons (Fsp3) is 0.182. The topological polar surface area (TPSA) is 17.1 Å². The van der Waals surface area contributed by atoms with Gasteiger partial charge in [-0.1, -0.05) is 0 Å². The third-order valence-corrected chi connectivity index (χ3v) is 2.02. The normalized spacial score (nSPS) is 11.8. The second-order valence-corrected chi connectivity index (χ2v) is 3.38. The van der Waals surface area contributed by atoms with Gasteiger partial charge in [0.2, 0.25) is 5.82 Å².